The first-order valence-corrected chi connectivity index (χ1v) is 6.00. The second kappa shape index (κ2) is 5.60. The molecule has 1 aromatic carbocycles. The average molecular weight is 279 g/mol. The first-order valence-electron chi connectivity index (χ1n) is 6.00. The van der Waals surface area contributed by atoms with Crippen LogP contribution >= 0.6 is 0 Å². The van der Waals surface area contributed by atoms with Gasteiger partial charge in [-0.15, -0.1) is 0 Å². The molecule has 0 bridgehead atoms. The fourth-order valence-corrected chi connectivity index (χ4v) is 1.73. The molecular formula is C13H13NO6. The summed E-state index contributed by atoms with van der Waals surface area (Å²) < 4.78 is 15.4. The van der Waals surface area contributed by atoms with Gasteiger partial charge in [0, 0.05) is 11.5 Å². The molecule has 2 rings (SSSR count). The number of hydrogen-bond donors (Lipinski definition) is 0. The summed E-state index contributed by atoms with van der Waals surface area (Å²) in [6, 6.07) is 4.00. The van der Waals surface area contributed by atoms with Crippen LogP contribution in [-0.2, 0) is 4.74 Å². The summed E-state index contributed by atoms with van der Waals surface area (Å²) in [5, 5.41) is 11.3. The lowest BCUT2D eigenvalue weighted by Crippen LogP contribution is -1.98. The van der Waals surface area contributed by atoms with Crippen LogP contribution in [-0.4, -0.2) is 24.6 Å². The number of rotatable bonds is 5. The predicted octanol–water partition coefficient (Wildman–Crippen LogP) is 2.92. The molecule has 7 heteroatoms. The number of nitro benzene ring substituents is 1. The van der Waals surface area contributed by atoms with Gasteiger partial charge in [0.15, 0.2) is 11.3 Å². The Labute approximate surface area is 114 Å². The molecule has 7 nitrogen and oxygen atoms in total. The number of fused-ring (bicyclic) bond motifs is 1. The monoisotopic (exact) mass is 279 g/mol. The van der Waals surface area contributed by atoms with Crippen LogP contribution in [0.3, 0.4) is 0 Å². The number of nitro groups is 1. The zero-order valence-corrected chi connectivity index (χ0v) is 11.0. The number of non-ortho nitro benzene ring substituents is 1. The van der Waals surface area contributed by atoms with E-state index in [4.69, 9.17) is 9.15 Å². The highest BCUT2D eigenvalue weighted by Gasteiger charge is 2.19. The van der Waals surface area contributed by atoms with Gasteiger partial charge in [0.25, 0.3) is 5.69 Å². The van der Waals surface area contributed by atoms with E-state index in [0.717, 1.165) is 6.42 Å². The van der Waals surface area contributed by atoms with E-state index < -0.39 is 10.9 Å². The molecule has 0 aliphatic carbocycles. The fraction of sp³-hybridized carbons (Fsp3) is 0.308. The Kier molecular flexibility index (Phi) is 3.88. The third-order valence-corrected chi connectivity index (χ3v) is 2.63. The Bertz CT molecular complexity index is 660. The van der Waals surface area contributed by atoms with Crippen molar-refractivity contribution >= 4 is 22.6 Å². The molecule has 0 amide bonds. The van der Waals surface area contributed by atoms with Gasteiger partial charge in [-0.2, -0.15) is 0 Å². The molecule has 1 heterocycles. The van der Waals surface area contributed by atoms with E-state index in [1.807, 2.05) is 6.92 Å². The zero-order chi connectivity index (χ0) is 14.7. The molecule has 106 valence electrons. The summed E-state index contributed by atoms with van der Waals surface area (Å²) in [5.41, 5.74) is 0.172. The quantitative estimate of drug-likeness (QED) is 0.474. The maximum atomic E-state index is 11.4. The molecule has 0 aliphatic heterocycles. The van der Waals surface area contributed by atoms with Crippen LogP contribution < -0.4 is 4.74 Å². The smallest absolute Gasteiger partial charge is 0.373 e. The standard InChI is InChI=1S/C13H13NO6/c1-3-4-19-10-7-9(14(16)17)5-8-6-11(13(15)18-2)20-12(8)10/h5-7H,3-4H2,1-2H3. The molecule has 0 radical (unpaired) electrons. The molecule has 0 N–H and O–H groups in total. The number of esters is 1. The average Bonchev–Trinajstić information content (AvgIpc) is 2.87. The van der Waals surface area contributed by atoms with Crippen LogP contribution in [0.15, 0.2) is 22.6 Å². The Morgan fingerprint density at radius 3 is 2.75 bits per heavy atom. The van der Waals surface area contributed by atoms with Gasteiger partial charge in [0.2, 0.25) is 5.76 Å². The minimum Gasteiger partial charge on any atom is -0.489 e. The molecule has 0 aliphatic rings. The highest BCUT2D eigenvalue weighted by atomic mass is 16.6. The lowest BCUT2D eigenvalue weighted by molar-refractivity contribution is -0.384. The fourth-order valence-electron chi connectivity index (χ4n) is 1.73. The van der Waals surface area contributed by atoms with Gasteiger partial charge in [0.05, 0.1) is 24.7 Å². The van der Waals surface area contributed by atoms with Crippen molar-refractivity contribution in [1.82, 2.24) is 0 Å². The number of carbonyl (C=O) groups excluding carboxylic acids is 1. The van der Waals surface area contributed by atoms with E-state index in [9.17, 15) is 14.9 Å². The van der Waals surface area contributed by atoms with E-state index in [-0.39, 0.29) is 17.2 Å². The number of carbonyl (C=O) groups is 1. The Balaban J connectivity index is 2.57. The van der Waals surface area contributed by atoms with Gasteiger partial charge < -0.3 is 13.9 Å². The van der Waals surface area contributed by atoms with Crippen LogP contribution in [0.2, 0.25) is 0 Å². The lowest BCUT2D eigenvalue weighted by Gasteiger charge is -2.04. The first-order chi connectivity index (χ1) is 9.56. The van der Waals surface area contributed by atoms with Crippen LogP contribution in [0.5, 0.6) is 5.75 Å². The van der Waals surface area contributed by atoms with Crippen molar-refractivity contribution in [2.45, 2.75) is 13.3 Å². The highest BCUT2D eigenvalue weighted by molar-refractivity contribution is 5.95. The van der Waals surface area contributed by atoms with Gasteiger partial charge in [-0.1, -0.05) is 6.92 Å². The molecule has 0 atom stereocenters. The van der Waals surface area contributed by atoms with Crippen molar-refractivity contribution in [2.75, 3.05) is 13.7 Å². The molecule has 0 fully saturated rings. The van der Waals surface area contributed by atoms with Crippen molar-refractivity contribution < 1.29 is 23.6 Å². The van der Waals surface area contributed by atoms with Gasteiger partial charge in [0.1, 0.15) is 0 Å². The number of ether oxygens (including phenoxy) is 2. The SMILES string of the molecule is CCCOc1cc([N+](=O)[O-])cc2cc(C(=O)OC)oc12. The van der Waals surface area contributed by atoms with E-state index in [1.165, 1.54) is 25.3 Å². The third-order valence-electron chi connectivity index (χ3n) is 2.63. The summed E-state index contributed by atoms with van der Waals surface area (Å²) in [6.07, 6.45) is 0.745. The highest BCUT2D eigenvalue weighted by Crippen LogP contribution is 2.33. The van der Waals surface area contributed by atoms with Crippen molar-refractivity contribution in [3.8, 4) is 5.75 Å². The van der Waals surface area contributed by atoms with Crippen LogP contribution in [0.1, 0.15) is 23.9 Å². The molecule has 1 aromatic heterocycles. The number of benzene rings is 1. The second-order valence-corrected chi connectivity index (χ2v) is 4.07. The number of methoxy groups -OCH3 is 1. The summed E-state index contributed by atoms with van der Waals surface area (Å²) in [7, 11) is 1.23. The topological polar surface area (TPSA) is 91.8 Å². The maximum absolute atomic E-state index is 11.4. The minimum absolute atomic E-state index is 0.0238. The minimum atomic E-state index is -0.648. The normalized spacial score (nSPS) is 10.5. The summed E-state index contributed by atoms with van der Waals surface area (Å²) in [6.45, 7) is 2.31. The number of nitrogens with zero attached hydrogens (tertiary/aromatic N) is 1. The second-order valence-electron chi connectivity index (χ2n) is 4.07. The van der Waals surface area contributed by atoms with Crippen LogP contribution in [0, 0.1) is 10.1 Å². The maximum Gasteiger partial charge on any atom is 0.373 e. The lowest BCUT2D eigenvalue weighted by atomic mass is 10.2. The zero-order valence-electron chi connectivity index (χ0n) is 11.0. The molecule has 0 spiro atoms. The van der Waals surface area contributed by atoms with E-state index in [1.54, 1.807) is 0 Å². The molecule has 0 unspecified atom stereocenters. The first kappa shape index (κ1) is 13.9. The summed E-state index contributed by atoms with van der Waals surface area (Å²) in [5.74, 6) is -0.430. The van der Waals surface area contributed by atoms with Gasteiger partial charge in [-0.25, -0.2) is 4.79 Å². The van der Waals surface area contributed by atoms with Crippen molar-refractivity contribution in [3.05, 3.63) is 34.1 Å². The van der Waals surface area contributed by atoms with E-state index >= 15 is 0 Å². The van der Waals surface area contributed by atoms with Crippen molar-refractivity contribution in [1.29, 1.82) is 0 Å². The molecule has 20 heavy (non-hydrogen) atoms. The predicted molar refractivity (Wildman–Crippen MR) is 70.0 cm³/mol. The van der Waals surface area contributed by atoms with E-state index in [2.05, 4.69) is 4.74 Å². The van der Waals surface area contributed by atoms with Gasteiger partial charge in [-0.3, -0.25) is 10.1 Å². The van der Waals surface area contributed by atoms with E-state index in [0.29, 0.717) is 17.6 Å². The molecular weight excluding hydrogens is 266 g/mol. The Morgan fingerprint density at radius 1 is 1.40 bits per heavy atom. The van der Waals surface area contributed by atoms with Crippen LogP contribution in [0.4, 0.5) is 5.69 Å². The number of furan rings is 1. The Morgan fingerprint density at radius 2 is 2.15 bits per heavy atom. The summed E-state index contributed by atoms with van der Waals surface area (Å²) in [4.78, 5) is 21.8. The molecule has 0 saturated carbocycles. The van der Waals surface area contributed by atoms with Crippen molar-refractivity contribution in [3.63, 3.8) is 0 Å². The molecule has 0 saturated heterocycles. The molecule has 2 aromatic rings. The van der Waals surface area contributed by atoms with Gasteiger partial charge in [-0.05, 0) is 12.5 Å². The largest absolute Gasteiger partial charge is 0.489 e. The van der Waals surface area contributed by atoms with Crippen LogP contribution in [0.25, 0.3) is 11.0 Å². The van der Waals surface area contributed by atoms with Crippen molar-refractivity contribution in [2.24, 2.45) is 0 Å². The third kappa shape index (κ3) is 2.56. The van der Waals surface area contributed by atoms with Gasteiger partial charge >= 0.3 is 5.97 Å². The number of hydrogen-bond acceptors (Lipinski definition) is 6. The summed E-state index contributed by atoms with van der Waals surface area (Å²) >= 11 is 0. The Hall–Kier alpha value is -2.57.